The molecule has 0 fully saturated rings. The molecule has 26 heavy (non-hydrogen) atoms. The minimum Gasteiger partial charge on any atom is -0.484 e. The Kier molecular flexibility index (Phi) is 5.35. The Hall–Kier alpha value is -2.69. The third-order valence-electron chi connectivity index (χ3n) is 4.35. The summed E-state index contributed by atoms with van der Waals surface area (Å²) in [5.41, 5.74) is 3.16. The van der Waals surface area contributed by atoms with Gasteiger partial charge in [-0.3, -0.25) is 4.79 Å². The van der Waals surface area contributed by atoms with E-state index in [0.717, 1.165) is 16.8 Å². The molecule has 0 saturated heterocycles. The smallest absolute Gasteiger partial charge is 0.262 e. The summed E-state index contributed by atoms with van der Waals surface area (Å²) in [4.78, 5) is 12.5. The topological polar surface area (TPSA) is 56.8 Å². The fourth-order valence-electron chi connectivity index (χ4n) is 2.99. The van der Waals surface area contributed by atoms with Crippen LogP contribution in [0.3, 0.4) is 0 Å². The lowest BCUT2D eigenvalue weighted by Crippen LogP contribution is -2.22. The molecule has 1 aliphatic rings. The molecule has 0 aliphatic carbocycles. The maximum absolute atomic E-state index is 12.5. The van der Waals surface area contributed by atoms with Crippen molar-refractivity contribution in [3.8, 4) is 17.2 Å². The Labute approximate surface area is 154 Å². The first-order chi connectivity index (χ1) is 12.5. The van der Waals surface area contributed by atoms with Crippen molar-refractivity contribution < 1.29 is 19.0 Å². The number of hydrogen-bond donors (Lipinski definition) is 1. The van der Waals surface area contributed by atoms with Crippen molar-refractivity contribution in [2.45, 2.75) is 39.5 Å². The summed E-state index contributed by atoms with van der Waals surface area (Å²) in [6.45, 7) is 8.64. The molecule has 1 N–H and O–H groups in total. The molecule has 2 aromatic rings. The van der Waals surface area contributed by atoms with Crippen molar-refractivity contribution >= 4 is 11.6 Å². The van der Waals surface area contributed by atoms with Crippen LogP contribution in [0.2, 0.25) is 0 Å². The first kappa shape index (κ1) is 18.1. The van der Waals surface area contributed by atoms with Crippen molar-refractivity contribution in [3.05, 3.63) is 47.5 Å². The van der Waals surface area contributed by atoms with Gasteiger partial charge in [-0.1, -0.05) is 45.9 Å². The molecule has 0 atom stereocenters. The second-order valence-corrected chi connectivity index (χ2v) is 6.97. The van der Waals surface area contributed by atoms with Gasteiger partial charge in [0, 0.05) is 11.8 Å². The first-order valence-corrected chi connectivity index (χ1v) is 8.90. The molecule has 1 aliphatic heterocycles. The highest BCUT2D eigenvalue weighted by Crippen LogP contribution is 2.35. The van der Waals surface area contributed by atoms with Crippen LogP contribution < -0.4 is 19.5 Å². The van der Waals surface area contributed by atoms with Gasteiger partial charge < -0.3 is 19.5 Å². The number of carbonyl (C=O) groups excluding carboxylic acids is 1. The van der Waals surface area contributed by atoms with E-state index in [9.17, 15) is 4.79 Å². The zero-order chi connectivity index (χ0) is 18.7. The van der Waals surface area contributed by atoms with E-state index in [0.29, 0.717) is 29.1 Å². The Morgan fingerprint density at radius 3 is 2.35 bits per heavy atom. The monoisotopic (exact) mass is 355 g/mol. The Balaban J connectivity index is 1.70. The second kappa shape index (κ2) is 7.68. The molecule has 1 amide bonds. The molecule has 5 nitrogen and oxygen atoms in total. The van der Waals surface area contributed by atoms with E-state index in [1.54, 1.807) is 18.2 Å². The van der Waals surface area contributed by atoms with Crippen LogP contribution in [0.5, 0.6) is 17.2 Å². The zero-order valence-electron chi connectivity index (χ0n) is 15.7. The third-order valence-corrected chi connectivity index (χ3v) is 4.35. The van der Waals surface area contributed by atoms with Gasteiger partial charge in [0.05, 0.1) is 0 Å². The van der Waals surface area contributed by atoms with E-state index >= 15 is 0 Å². The van der Waals surface area contributed by atoms with Crippen LogP contribution in [0, 0.1) is 0 Å². The predicted octanol–water partition coefficient (Wildman–Crippen LogP) is 4.68. The number of nitrogens with one attached hydrogen (secondary N) is 1. The number of hydrogen-bond acceptors (Lipinski definition) is 4. The summed E-state index contributed by atoms with van der Waals surface area (Å²) >= 11 is 0. The summed E-state index contributed by atoms with van der Waals surface area (Å²) in [6.07, 6.45) is 0. The number of fused-ring (bicyclic) bond motifs is 1. The SMILES string of the molecule is CC(C)c1cccc(C(C)C)c1NC(=O)COc1ccc2c(c1)OCO2. The van der Waals surface area contributed by atoms with Gasteiger partial charge in [-0.15, -0.1) is 0 Å². The fraction of sp³-hybridized carbons (Fsp3) is 0.381. The van der Waals surface area contributed by atoms with E-state index in [1.807, 2.05) is 6.07 Å². The van der Waals surface area contributed by atoms with E-state index in [1.165, 1.54) is 0 Å². The molecule has 0 saturated carbocycles. The highest BCUT2D eigenvalue weighted by molar-refractivity contribution is 5.93. The lowest BCUT2D eigenvalue weighted by molar-refractivity contribution is -0.118. The maximum atomic E-state index is 12.5. The summed E-state index contributed by atoms with van der Waals surface area (Å²) in [6, 6.07) is 11.4. The van der Waals surface area contributed by atoms with Gasteiger partial charge in [-0.2, -0.15) is 0 Å². The molecule has 1 heterocycles. The van der Waals surface area contributed by atoms with Gasteiger partial charge >= 0.3 is 0 Å². The minimum atomic E-state index is -0.183. The van der Waals surface area contributed by atoms with Crippen LogP contribution in [0.1, 0.15) is 50.7 Å². The Morgan fingerprint density at radius 1 is 1.04 bits per heavy atom. The molecular formula is C21H25NO4. The molecule has 0 unspecified atom stereocenters. The Bertz CT molecular complexity index is 772. The van der Waals surface area contributed by atoms with Crippen LogP contribution in [-0.4, -0.2) is 19.3 Å². The van der Waals surface area contributed by atoms with E-state index in [2.05, 4.69) is 45.1 Å². The van der Waals surface area contributed by atoms with Gasteiger partial charge in [0.2, 0.25) is 6.79 Å². The summed E-state index contributed by atoms with van der Waals surface area (Å²) < 4.78 is 16.2. The zero-order valence-corrected chi connectivity index (χ0v) is 15.7. The molecule has 0 radical (unpaired) electrons. The summed E-state index contributed by atoms with van der Waals surface area (Å²) in [5.74, 6) is 2.35. The van der Waals surface area contributed by atoms with Gasteiger partial charge in [-0.05, 0) is 35.1 Å². The number of amides is 1. The highest BCUT2D eigenvalue weighted by atomic mass is 16.7. The lowest BCUT2D eigenvalue weighted by Gasteiger charge is -2.20. The molecule has 2 aromatic carbocycles. The summed E-state index contributed by atoms with van der Waals surface area (Å²) in [7, 11) is 0. The minimum absolute atomic E-state index is 0.0659. The highest BCUT2D eigenvalue weighted by Gasteiger charge is 2.17. The van der Waals surface area contributed by atoms with Crippen LogP contribution in [0.4, 0.5) is 5.69 Å². The average Bonchev–Trinajstić information content (AvgIpc) is 3.07. The lowest BCUT2D eigenvalue weighted by atomic mass is 9.92. The number of ether oxygens (including phenoxy) is 3. The number of anilines is 1. The van der Waals surface area contributed by atoms with E-state index in [4.69, 9.17) is 14.2 Å². The predicted molar refractivity (Wildman–Crippen MR) is 101 cm³/mol. The molecule has 3 rings (SSSR count). The van der Waals surface area contributed by atoms with Crippen molar-refractivity contribution in [2.75, 3.05) is 18.7 Å². The quantitative estimate of drug-likeness (QED) is 0.817. The largest absolute Gasteiger partial charge is 0.484 e. The molecule has 0 spiro atoms. The number of carbonyl (C=O) groups is 1. The van der Waals surface area contributed by atoms with E-state index < -0.39 is 0 Å². The van der Waals surface area contributed by atoms with Gasteiger partial charge in [0.1, 0.15) is 5.75 Å². The average molecular weight is 355 g/mol. The van der Waals surface area contributed by atoms with Gasteiger partial charge in [-0.25, -0.2) is 0 Å². The van der Waals surface area contributed by atoms with Crippen molar-refractivity contribution in [1.29, 1.82) is 0 Å². The second-order valence-electron chi connectivity index (χ2n) is 6.97. The van der Waals surface area contributed by atoms with Gasteiger partial charge in [0.25, 0.3) is 5.91 Å². The third kappa shape index (κ3) is 3.93. The maximum Gasteiger partial charge on any atom is 0.262 e. The van der Waals surface area contributed by atoms with Crippen molar-refractivity contribution in [2.24, 2.45) is 0 Å². The molecule has 138 valence electrons. The molecule has 0 bridgehead atoms. The fourth-order valence-corrected chi connectivity index (χ4v) is 2.99. The van der Waals surface area contributed by atoms with Crippen LogP contribution >= 0.6 is 0 Å². The number of benzene rings is 2. The Morgan fingerprint density at radius 2 is 1.69 bits per heavy atom. The molecular weight excluding hydrogens is 330 g/mol. The normalized spacial score (nSPS) is 12.5. The van der Waals surface area contributed by atoms with Gasteiger partial charge in [0.15, 0.2) is 18.1 Å². The summed E-state index contributed by atoms with van der Waals surface area (Å²) in [5, 5.41) is 3.04. The number of rotatable bonds is 6. The molecule has 0 aromatic heterocycles. The standard InChI is InChI=1S/C21H25NO4/c1-13(2)16-6-5-7-17(14(3)4)21(16)22-20(23)11-24-15-8-9-18-19(10-15)26-12-25-18/h5-10,13-14H,11-12H2,1-4H3,(H,22,23). The van der Waals surface area contributed by atoms with Crippen molar-refractivity contribution in [1.82, 2.24) is 0 Å². The van der Waals surface area contributed by atoms with E-state index in [-0.39, 0.29) is 19.3 Å². The van der Waals surface area contributed by atoms with Crippen LogP contribution in [0.15, 0.2) is 36.4 Å². The molecule has 5 heteroatoms. The first-order valence-electron chi connectivity index (χ1n) is 8.90. The van der Waals surface area contributed by atoms with Crippen LogP contribution in [-0.2, 0) is 4.79 Å². The number of para-hydroxylation sites is 1. The van der Waals surface area contributed by atoms with Crippen LogP contribution in [0.25, 0.3) is 0 Å². The van der Waals surface area contributed by atoms with Crippen molar-refractivity contribution in [3.63, 3.8) is 0 Å².